The van der Waals surface area contributed by atoms with Gasteiger partial charge in [0, 0.05) is 10.5 Å². The highest BCUT2D eigenvalue weighted by Gasteiger charge is 2.22. The SMILES string of the molecule is C[C@@H](Oc1ccc(Br)cc1C=O)C(=O)NC1CCCC1. The maximum absolute atomic E-state index is 12.0. The molecule has 1 fully saturated rings. The van der Waals surface area contributed by atoms with Gasteiger partial charge >= 0.3 is 0 Å². The molecule has 1 amide bonds. The Bertz CT molecular complexity index is 498. The van der Waals surface area contributed by atoms with E-state index in [0.717, 1.165) is 23.6 Å². The van der Waals surface area contributed by atoms with Crippen molar-refractivity contribution in [3.05, 3.63) is 28.2 Å². The summed E-state index contributed by atoms with van der Waals surface area (Å²) in [5.41, 5.74) is 0.430. The zero-order valence-corrected chi connectivity index (χ0v) is 13.0. The lowest BCUT2D eigenvalue weighted by Gasteiger charge is -2.18. The molecule has 0 bridgehead atoms. The van der Waals surface area contributed by atoms with Crippen LogP contribution in [0.2, 0.25) is 0 Å². The summed E-state index contributed by atoms with van der Waals surface area (Å²) in [6.07, 6.45) is 4.52. The van der Waals surface area contributed by atoms with Crippen molar-refractivity contribution in [2.24, 2.45) is 0 Å². The second kappa shape index (κ2) is 6.88. The maximum Gasteiger partial charge on any atom is 0.260 e. The van der Waals surface area contributed by atoms with Crippen molar-refractivity contribution in [3.63, 3.8) is 0 Å². The summed E-state index contributed by atoms with van der Waals surface area (Å²) in [5, 5.41) is 2.99. The van der Waals surface area contributed by atoms with Crippen molar-refractivity contribution in [2.75, 3.05) is 0 Å². The summed E-state index contributed by atoms with van der Waals surface area (Å²) < 4.78 is 6.40. The molecule has 1 N–H and O–H groups in total. The molecule has 1 aliphatic rings. The summed E-state index contributed by atoms with van der Waals surface area (Å²) in [4.78, 5) is 23.0. The fourth-order valence-corrected chi connectivity index (χ4v) is 2.73. The van der Waals surface area contributed by atoms with Crippen LogP contribution in [0.15, 0.2) is 22.7 Å². The molecule has 0 saturated heterocycles. The van der Waals surface area contributed by atoms with E-state index in [2.05, 4.69) is 21.2 Å². The number of carbonyl (C=O) groups is 2. The largest absolute Gasteiger partial charge is 0.480 e. The summed E-state index contributed by atoms with van der Waals surface area (Å²) in [5.74, 6) is 0.300. The van der Waals surface area contributed by atoms with Gasteiger partial charge < -0.3 is 10.1 Å². The second-order valence-corrected chi connectivity index (χ2v) is 5.97. The van der Waals surface area contributed by atoms with Crippen LogP contribution < -0.4 is 10.1 Å². The van der Waals surface area contributed by atoms with E-state index in [1.165, 1.54) is 12.8 Å². The lowest BCUT2D eigenvalue weighted by Crippen LogP contribution is -2.41. The quantitative estimate of drug-likeness (QED) is 0.838. The zero-order chi connectivity index (χ0) is 14.5. The van der Waals surface area contributed by atoms with Gasteiger partial charge in [0.2, 0.25) is 0 Å². The van der Waals surface area contributed by atoms with Crippen LogP contribution in [-0.2, 0) is 4.79 Å². The Morgan fingerprint density at radius 3 is 2.80 bits per heavy atom. The fourth-order valence-electron chi connectivity index (χ4n) is 2.35. The van der Waals surface area contributed by atoms with Crippen molar-refractivity contribution in [2.45, 2.75) is 44.8 Å². The summed E-state index contributed by atoms with van der Waals surface area (Å²) in [6, 6.07) is 5.41. The first-order valence-corrected chi connectivity index (χ1v) is 7.61. The van der Waals surface area contributed by atoms with Crippen LogP contribution >= 0.6 is 15.9 Å². The van der Waals surface area contributed by atoms with Crippen LogP contribution in [0.25, 0.3) is 0 Å². The molecule has 1 aromatic carbocycles. The molecule has 0 heterocycles. The number of hydrogen-bond acceptors (Lipinski definition) is 3. The molecule has 0 spiro atoms. The minimum Gasteiger partial charge on any atom is -0.480 e. The molecule has 20 heavy (non-hydrogen) atoms. The molecule has 1 atom stereocenters. The van der Waals surface area contributed by atoms with Gasteiger partial charge in [-0.15, -0.1) is 0 Å². The molecule has 2 rings (SSSR count). The van der Waals surface area contributed by atoms with E-state index in [0.29, 0.717) is 11.3 Å². The predicted molar refractivity (Wildman–Crippen MR) is 80.0 cm³/mol. The van der Waals surface area contributed by atoms with E-state index >= 15 is 0 Å². The Morgan fingerprint density at radius 1 is 1.45 bits per heavy atom. The number of amides is 1. The topological polar surface area (TPSA) is 55.4 Å². The van der Waals surface area contributed by atoms with Gasteiger partial charge in [-0.3, -0.25) is 9.59 Å². The smallest absolute Gasteiger partial charge is 0.260 e. The Kier molecular flexibility index (Phi) is 5.17. The van der Waals surface area contributed by atoms with Gasteiger partial charge in [-0.05, 0) is 38.0 Å². The van der Waals surface area contributed by atoms with Gasteiger partial charge in [-0.1, -0.05) is 28.8 Å². The lowest BCUT2D eigenvalue weighted by molar-refractivity contribution is -0.127. The first kappa shape index (κ1) is 15.0. The molecule has 1 saturated carbocycles. The molecule has 5 heteroatoms. The maximum atomic E-state index is 12.0. The average molecular weight is 340 g/mol. The van der Waals surface area contributed by atoms with E-state index < -0.39 is 6.10 Å². The highest BCUT2D eigenvalue weighted by Crippen LogP contribution is 2.23. The van der Waals surface area contributed by atoms with E-state index in [9.17, 15) is 9.59 Å². The molecule has 0 radical (unpaired) electrons. The van der Waals surface area contributed by atoms with Crippen molar-refractivity contribution in [3.8, 4) is 5.75 Å². The lowest BCUT2D eigenvalue weighted by atomic mass is 10.2. The number of hydrogen-bond donors (Lipinski definition) is 1. The Balaban J connectivity index is 1.97. The molecule has 0 aliphatic heterocycles. The standard InChI is InChI=1S/C15H18BrNO3/c1-10(15(19)17-13-4-2-3-5-13)20-14-7-6-12(16)8-11(14)9-18/h6-10,13H,2-5H2,1H3,(H,17,19)/t10-/m1/s1. The van der Waals surface area contributed by atoms with Crippen molar-refractivity contribution in [1.82, 2.24) is 5.32 Å². The van der Waals surface area contributed by atoms with Gasteiger partial charge in [-0.25, -0.2) is 0 Å². The number of halogens is 1. The Hall–Kier alpha value is -1.36. The van der Waals surface area contributed by atoms with Crippen LogP contribution in [0.4, 0.5) is 0 Å². The molecule has 0 aromatic heterocycles. The first-order valence-electron chi connectivity index (χ1n) is 6.82. The molecule has 1 aliphatic carbocycles. The molecule has 4 nitrogen and oxygen atoms in total. The van der Waals surface area contributed by atoms with Crippen LogP contribution in [-0.4, -0.2) is 24.3 Å². The number of nitrogens with one attached hydrogen (secondary N) is 1. The number of carbonyl (C=O) groups excluding carboxylic acids is 2. The average Bonchev–Trinajstić information content (AvgIpc) is 2.93. The van der Waals surface area contributed by atoms with Crippen LogP contribution in [0, 0.1) is 0 Å². The number of aldehydes is 1. The molecule has 1 aromatic rings. The van der Waals surface area contributed by atoms with Gasteiger partial charge in [0.1, 0.15) is 5.75 Å². The number of rotatable bonds is 5. The number of ether oxygens (including phenoxy) is 1. The van der Waals surface area contributed by atoms with Gasteiger partial charge in [0.25, 0.3) is 5.91 Å². The van der Waals surface area contributed by atoms with E-state index in [-0.39, 0.29) is 11.9 Å². The Labute approximate surface area is 127 Å². The third kappa shape index (κ3) is 3.82. The van der Waals surface area contributed by atoms with E-state index in [1.807, 2.05) is 0 Å². The zero-order valence-electron chi connectivity index (χ0n) is 11.4. The van der Waals surface area contributed by atoms with Crippen LogP contribution in [0.3, 0.4) is 0 Å². The summed E-state index contributed by atoms with van der Waals surface area (Å²) >= 11 is 3.30. The predicted octanol–water partition coefficient (Wildman–Crippen LogP) is 3.09. The van der Waals surface area contributed by atoms with Gasteiger partial charge in [0.15, 0.2) is 12.4 Å². The minimum absolute atomic E-state index is 0.128. The first-order chi connectivity index (χ1) is 9.60. The Morgan fingerprint density at radius 2 is 2.15 bits per heavy atom. The minimum atomic E-state index is -0.615. The molecular weight excluding hydrogens is 322 g/mol. The van der Waals surface area contributed by atoms with Crippen LogP contribution in [0.5, 0.6) is 5.75 Å². The third-order valence-corrected chi connectivity index (χ3v) is 3.97. The van der Waals surface area contributed by atoms with Gasteiger partial charge in [-0.2, -0.15) is 0 Å². The van der Waals surface area contributed by atoms with Gasteiger partial charge in [0.05, 0.1) is 5.56 Å². The van der Waals surface area contributed by atoms with E-state index in [4.69, 9.17) is 4.74 Å². The van der Waals surface area contributed by atoms with Crippen molar-refractivity contribution in [1.29, 1.82) is 0 Å². The molecule has 0 unspecified atom stereocenters. The summed E-state index contributed by atoms with van der Waals surface area (Å²) in [7, 11) is 0. The second-order valence-electron chi connectivity index (χ2n) is 5.05. The molecular formula is C15H18BrNO3. The van der Waals surface area contributed by atoms with Crippen molar-refractivity contribution < 1.29 is 14.3 Å². The van der Waals surface area contributed by atoms with Crippen LogP contribution in [0.1, 0.15) is 43.0 Å². The highest BCUT2D eigenvalue weighted by molar-refractivity contribution is 9.10. The number of benzene rings is 1. The highest BCUT2D eigenvalue weighted by atomic mass is 79.9. The van der Waals surface area contributed by atoms with E-state index in [1.54, 1.807) is 25.1 Å². The fraction of sp³-hybridized carbons (Fsp3) is 0.467. The monoisotopic (exact) mass is 339 g/mol. The van der Waals surface area contributed by atoms with Crippen molar-refractivity contribution >= 4 is 28.1 Å². The molecule has 108 valence electrons. The normalized spacial score (nSPS) is 16.7. The summed E-state index contributed by atoms with van der Waals surface area (Å²) in [6.45, 7) is 1.70. The third-order valence-electron chi connectivity index (χ3n) is 3.47.